The minimum absolute atomic E-state index is 0.102. The van der Waals surface area contributed by atoms with Gasteiger partial charge < -0.3 is 28.8 Å². The smallest absolute Gasteiger partial charge is 0.323 e. The van der Waals surface area contributed by atoms with Crippen molar-refractivity contribution in [3.05, 3.63) is 48.2 Å². The number of amides is 1. The molecule has 1 N–H and O–H groups in total. The first kappa shape index (κ1) is 24.3. The zero-order chi connectivity index (χ0) is 26.1. The Morgan fingerprint density at radius 2 is 1.76 bits per heavy atom. The molecule has 2 atom stereocenters. The lowest BCUT2D eigenvalue weighted by molar-refractivity contribution is -0.117. The molecule has 0 radical (unpaired) electrons. The lowest BCUT2D eigenvalue weighted by Crippen LogP contribution is -2.15. The number of carbonyl (C=O) groups excluding carboxylic acids is 1. The summed E-state index contributed by atoms with van der Waals surface area (Å²) in [6, 6.07) is 11.2. The van der Waals surface area contributed by atoms with E-state index in [9.17, 15) is 9.18 Å². The maximum atomic E-state index is 13.2. The fourth-order valence-corrected chi connectivity index (χ4v) is 4.05. The molecule has 11 heteroatoms. The second kappa shape index (κ2) is 9.92. The van der Waals surface area contributed by atoms with Crippen LogP contribution in [0.4, 0.5) is 10.2 Å². The summed E-state index contributed by atoms with van der Waals surface area (Å²) >= 11 is 0. The van der Waals surface area contributed by atoms with Crippen LogP contribution in [-0.2, 0) is 18.4 Å². The van der Waals surface area contributed by atoms with Gasteiger partial charge in [0.15, 0.2) is 0 Å². The van der Waals surface area contributed by atoms with Crippen LogP contribution in [0.5, 0.6) is 23.5 Å². The third-order valence-electron chi connectivity index (χ3n) is 6.22. The van der Waals surface area contributed by atoms with Crippen molar-refractivity contribution in [2.75, 3.05) is 26.6 Å². The second-order valence-electron chi connectivity index (χ2n) is 8.60. The summed E-state index contributed by atoms with van der Waals surface area (Å²) in [5.41, 5.74) is 2.96. The molecule has 5 rings (SSSR count). The Bertz CT molecular complexity index is 1430. The number of nitrogens with one attached hydrogen (secondary N) is 1. The molecule has 1 aliphatic rings. The molecule has 10 nitrogen and oxygen atoms in total. The first-order valence-corrected chi connectivity index (χ1v) is 11.6. The molecule has 192 valence electrons. The van der Waals surface area contributed by atoms with Gasteiger partial charge in [-0.15, -0.1) is 0 Å². The van der Waals surface area contributed by atoms with Crippen LogP contribution in [0.2, 0.25) is 0 Å². The summed E-state index contributed by atoms with van der Waals surface area (Å²) < 4.78 is 37.3. The number of carbonyl (C=O) groups is 1. The number of hydrogen-bond acceptors (Lipinski definition) is 8. The van der Waals surface area contributed by atoms with Crippen molar-refractivity contribution in [3.63, 3.8) is 0 Å². The Hall–Kier alpha value is -4.41. The monoisotopic (exact) mass is 507 g/mol. The molecular weight excluding hydrogens is 481 g/mol. The highest BCUT2D eigenvalue weighted by Gasteiger charge is 2.43. The van der Waals surface area contributed by atoms with Crippen LogP contribution < -0.4 is 24.3 Å². The van der Waals surface area contributed by atoms with E-state index < -0.39 is 12.1 Å². The maximum absolute atomic E-state index is 13.2. The highest BCUT2D eigenvalue weighted by molar-refractivity contribution is 5.96. The van der Waals surface area contributed by atoms with Crippen molar-refractivity contribution >= 4 is 22.6 Å². The molecule has 2 unspecified atom stereocenters. The topological polar surface area (TPSA) is 110 Å². The third kappa shape index (κ3) is 4.84. The highest BCUT2D eigenvalue weighted by Crippen LogP contribution is 2.40. The van der Waals surface area contributed by atoms with E-state index in [-0.39, 0.29) is 36.7 Å². The Morgan fingerprint density at radius 1 is 1.08 bits per heavy atom. The molecule has 1 aliphatic carbocycles. The van der Waals surface area contributed by atoms with Crippen molar-refractivity contribution < 1.29 is 28.1 Å². The molecule has 4 aromatic rings. The van der Waals surface area contributed by atoms with Crippen LogP contribution in [0.15, 0.2) is 42.6 Å². The normalized spacial score (nSPS) is 16.4. The lowest BCUT2D eigenvalue weighted by atomic mass is 10.2. The Morgan fingerprint density at radius 3 is 2.35 bits per heavy atom. The first-order chi connectivity index (χ1) is 17.9. The largest absolute Gasteiger partial charge is 0.497 e. The number of benzene rings is 1. The zero-order valence-electron chi connectivity index (χ0n) is 20.8. The van der Waals surface area contributed by atoms with E-state index >= 15 is 0 Å². The number of halogens is 1. The number of aromatic nitrogens is 4. The number of alkyl halides is 1. The van der Waals surface area contributed by atoms with Crippen molar-refractivity contribution in [1.82, 2.24) is 19.5 Å². The quantitative estimate of drug-likeness (QED) is 0.363. The van der Waals surface area contributed by atoms with Crippen molar-refractivity contribution in [1.29, 1.82) is 0 Å². The maximum Gasteiger partial charge on any atom is 0.323 e. The van der Waals surface area contributed by atoms with E-state index in [1.54, 1.807) is 19.4 Å². The molecule has 3 aromatic heterocycles. The standard InChI is InChI=1S/C26H26FN5O5/c1-32-19(9-15-10-21(28-12-20(15)32)29-23(33)17-11-18(17)27)22-24(35-3)30-26(31-25(22)36-4)37-13-14-5-7-16(34-2)8-6-14/h5-10,12,17-18H,11,13H2,1-4H3,(H,28,29,33). The average molecular weight is 508 g/mol. The van der Waals surface area contributed by atoms with Crippen LogP contribution in [0.25, 0.3) is 22.2 Å². The van der Waals surface area contributed by atoms with Gasteiger partial charge in [0.25, 0.3) is 0 Å². The van der Waals surface area contributed by atoms with Gasteiger partial charge in [0, 0.05) is 12.4 Å². The van der Waals surface area contributed by atoms with Gasteiger partial charge in [-0.1, -0.05) is 12.1 Å². The molecule has 0 spiro atoms. The Labute approximate surface area is 212 Å². The summed E-state index contributed by atoms with van der Waals surface area (Å²) in [6.07, 6.45) is 0.818. The van der Waals surface area contributed by atoms with Crippen LogP contribution in [0, 0.1) is 5.92 Å². The number of aryl methyl sites for hydroxylation is 1. The van der Waals surface area contributed by atoms with Crippen LogP contribution >= 0.6 is 0 Å². The second-order valence-corrected chi connectivity index (χ2v) is 8.60. The third-order valence-corrected chi connectivity index (χ3v) is 6.22. The number of anilines is 1. The first-order valence-electron chi connectivity index (χ1n) is 11.6. The van der Waals surface area contributed by atoms with Gasteiger partial charge >= 0.3 is 6.01 Å². The van der Waals surface area contributed by atoms with Gasteiger partial charge in [-0.25, -0.2) is 9.37 Å². The SMILES string of the molecule is COc1ccc(COc2nc(OC)c(-c3cc4cc(NC(=O)C5CC5F)ncc4n3C)c(OC)n2)cc1. The average Bonchev–Trinajstić information content (AvgIpc) is 3.58. The van der Waals surface area contributed by atoms with Crippen molar-refractivity contribution in [3.8, 4) is 34.8 Å². The molecule has 1 saturated carbocycles. The number of methoxy groups -OCH3 is 3. The minimum atomic E-state index is -1.07. The fraction of sp³-hybridized carbons (Fsp3) is 0.308. The number of pyridine rings is 1. The predicted octanol–water partition coefficient (Wildman–Crippen LogP) is 3.93. The van der Waals surface area contributed by atoms with E-state index in [2.05, 4.69) is 20.3 Å². The van der Waals surface area contributed by atoms with Gasteiger partial charge in [-0.2, -0.15) is 9.97 Å². The molecule has 3 heterocycles. The summed E-state index contributed by atoms with van der Waals surface area (Å²) in [5.74, 6) is 0.686. The summed E-state index contributed by atoms with van der Waals surface area (Å²) in [7, 11) is 6.49. The number of nitrogens with zero attached hydrogens (tertiary/aromatic N) is 4. The molecule has 0 saturated heterocycles. The molecule has 1 amide bonds. The minimum Gasteiger partial charge on any atom is -0.497 e. The van der Waals surface area contributed by atoms with Gasteiger partial charge in [0.05, 0.1) is 44.7 Å². The number of ether oxygens (including phenoxy) is 4. The van der Waals surface area contributed by atoms with E-state index in [0.717, 1.165) is 22.2 Å². The van der Waals surface area contributed by atoms with Crippen LogP contribution in [0.1, 0.15) is 12.0 Å². The van der Waals surface area contributed by atoms with Crippen LogP contribution in [-0.4, -0.2) is 52.9 Å². The van der Waals surface area contributed by atoms with Gasteiger partial charge in [-0.3, -0.25) is 4.79 Å². The van der Waals surface area contributed by atoms with E-state index in [1.807, 2.05) is 41.9 Å². The predicted molar refractivity (Wildman–Crippen MR) is 134 cm³/mol. The number of rotatable bonds is 9. The van der Waals surface area contributed by atoms with Crippen molar-refractivity contribution in [2.45, 2.75) is 19.2 Å². The van der Waals surface area contributed by atoms with E-state index in [4.69, 9.17) is 18.9 Å². The molecular formula is C26H26FN5O5. The Kier molecular flexibility index (Phi) is 6.51. The van der Waals surface area contributed by atoms with Gasteiger partial charge in [0.2, 0.25) is 17.7 Å². The fourth-order valence-electron chi connectivity index (χ4n) is 4.05. The van der Waals surface area contributed by atoms with Gasteiger partial charge in [0.1, 0.15) is 29.9 Å². The molecule has 0 aliphatic heterocycles. The molecule has 37 heavy (non-hydrogen) atoms. The zero-order valence-corrected chi connectivity index (χ0v) is 20.8. The summed E-state index contributed by atoms with van der Waals surface area (Å²) in [6.45, 7) is 0.244. The molecule has 1 fully saturated rings. The summed E-state index contributed by atoms with van der Waals surface area (Å²) in [4.78, 5) is 25.3. The number of fused-ring (bicyclic) bond motifs is 1. The Balaban J connectivity index is 1.44. The molecule has 1 aromatic carbocycles. The van der Waals surface area contributed by atoms with Crippen molar-refractivity contribution in [2.24, 2.45) is 13.0 Å². The van der Waals surface area contributed by atoms with Crippen LogP contribution in [0.3, 0.4) is 0 Å². The number of hydrogen-bond donors (Lipinski definition) is 1. The molecule has 0 bridgehead atoms. The lowest BCUT2D eigenvalue weighted by Gasteiger charge is -2.14. The van der Waals surface area contributed by atoms with E-state index in [0.29, 0.717) is 17.1 Å². The summed E-state index contributed by atoms with van der Waals surface area (Å²) in [5, 5.41) is 3.49. The van der Waals surface area contributed by atoms with Gasteiger partial charge in [-0.05, 0) is 36.2 Å². The van der Waals surface area contributed by atoms with E-state index in [1.165, 1.54) is 14.2 Å². The highest BCUT2D eigenvalue weighted by atomic mass is 19.1.